The third-order valence-corrected chi connectivity index (χ3v) is 7.02. The molecule has 3 aromatic rings. The molecule has 0 saturated carbocycles. The van der Waals surface area contributed by atoms with Crippen LogP contribution in [0.1, 0.15) is 24.3 Å². The number of aryl methyl sites for hydroxylation is 1. The van der Waals surface area contributed by atoms with Crippen LogP contribution in [-0.4, -0.2) is 19.8 Å². The summed E-state index contributed by atoms with van der Waals surface area (Å²) in [6.07, 6.45) is 0. The monoisotopic (exact) mass is 407 g/mol. The van der Waals surface area contributed by atoms with Gasteiger partial charge in [-0.25, -0.2) is 8.42 Å². The van der Waals surface area contributed by atoms with Gasteiger partial charge in [-0.05, 0) is 49.7 Å². The van der Waals surface area contributed by atoms with Gasteiger partial charge < -0.3 is 4.42 Å². The molecule has 24 heavy (non-hydrogen) atoms. The Bertz CT molecular complexity index is 961. The number of hydrogen-bond acceptors (Lipinski definition) is 3. The molecule has 0 spiro atoms. The van der Waals surface area contributed by atoms with Crippen molar-refractivity contribution in [1.82, 2.24) is 4.31 Å². The third-order valence-electron chi connectivity index (χ3n) is 4.21. The molecule has 0 aliphatic heterocycles. The molecule has 1 unspecified atom stereocenters. The van der Waals surface area contributed by atoms with Gasteiger partial charge in [-0.1, -0.05) is 34.1 Å². The first-order valence-corrected chi connectivity index (χ1v) is 9.76. The van der Waals surface area contributed by atoms with Gasteiger partial charge in [0.15, 0.2) is 0 Å². The molecule has 3 rings (SSSR count). The Kier molecular flexibility index (Phi) is 4.55. The zero-order valence-electron chi connectivity index (χ0n) is 13.7. The summed E-state index contributed by atoms with van der Waals surface area (Å²) in [5.74, 6) is 0.621. The van der Waals surface area contributed by atoms with Crippen LogP contribution in [0.25, 0.3) is 11.0 Å². The van der Waals surface area contributed by atoms with E-state index in [-0.39, 0.29) is 4.90 Å². The number of para-hydroxylation sites is 1. The Labute approximate surface area is 150 Å². The van der Waals surface area contributed by atoms with Gasteiger partial charge in [0.25, 0.3) is 0 Å². The van der Waals surface area contributed by atoms with Gasteiger partial charge in [0.1, 0.15) is 11.3 Å². The molecule has 1 atom stereocenters. The quantitative estimate of drug-likeness (QED) is 0.618. The lowest BCUT2D eigenvalue weighted by Gasteiger charge is -2.23. The maximum atomic E-state index is 12.9. The molecule has 0 N–H and O–H groups in total. The van der Waals surface area contributed by atoms with Crippen molar-refractivity contribution in [3.63, 3.8) is 0 Å². The van der Waals surface area contributed by atoms with Crippen LogP contribution in [-0.2, 0) is 10.0 Å². The highest BCUT2D eigenvalue weighted by Gasteiger charge is 2.28. The van der Waals surface area contributed by atoms with Gasteiger partial charge in [-0.15, -0.1) is 0 Å². The van der Waals surface area contributed by atoms with E-state index >= 15 is 0 Å². The van der Waals surface area contributed by atoms with Crippen LogP contribution >= 0.6 is 15.9 Å². The van der Waals surface area contributed by atoms with E-state index in [9.17, 15) is 8.42 Å². The molecule has 0 saturated heterocycles. The van der Waals surface area contributed by atoms with E-state index in [1.54, 1.807) is 25.2 Å². The number of fused-ring (bicyclic) bond motifs is 1. The van der Waals surface area contributed by atoms with Crippen molar-refractivity contribution in [2.24, 2.45) is 0 Å². The minimum atomic E-state index is -3.61. The molecule has 0 bridgehead atoms. The van der Waals surface area contributed by atoms with E-state index in [1.807, 2.05) is 44.2 Å². The summed E-state index contributed by atoms with van der Waals surface area (Å²) in [4.78, 5) is 0.272. The largest absolute Gasteiger partial charge is 0.459 e. The van der Waals surface area contributed by atoms with Crippen LogP contribution < -0.4 is 0 Å². The molecule has 1 heterocycles. The second-order valence-corrected chi connectivity index (χ2v) is 8.65. The van der Waals surface area contributed by atoms with Gasteiger partial charge in [0.05, 0.1) is 10.9 Å². The van der Waals surface area contributed by atoms with Crippen LogP contribution in [0.3, 0.4) is 0 Å². The fraction of sp³-hybridized carbons (Fsp3) is 0.222. The average molecular weight is 408 g/mol. The lowest BCUT2D eigenvalue weighted by Crippen LogP contribution is -2.29. The first-order valence-electron chi connectivity index (χ1n) is 7.53. The maximum absolute atomic E-state index is 12.9. The van der Waals surface area contributed by atoms with Crippen molar-refractivity contribution in [2.45, 2.75) is 24.8 Å². The summed E-state index contributed by atoms with van der Waals surface area (Å²) in [6.45, 7) is 3.69. The molecule has 1 aromatic heterocycles. The second-order valence-electron chi connectivity index (χ2n) is 5.79. The Balaban J connectivity index is 1.96. The molecule has 0 radical (unpaired) electrons. The van der Waals surface area contributed by atoms with E-state index in [4.69, 9.17) is 4.42 Å². The number of halogens is 1. The van der Waals surface area contributed by atoms with Gasteiger partial charge >= 0.3 is 0 Å². The SMILES string of the molecule is Cc1cc(S(=O)(=O)N(C)C(C)c2cc3ccccc3o2)ccc1Br. The van der Waals surface area contributed by atoms with Crippen LogP contribution in [0.2, 0.25) is 0 Å². The van der Waals surface area contributed by atoms with E-state index in [1.165, 1.54) is 4.31 Å². The smallest absolute Gasteiger partial charge is 0.243 e. The molecule has 4 nitrogen and oxygen atoms in total. The molecule has 0 fully saturated rings. The normalized spacial score (nSPS) is 13.5. The standard InChI is InChI=1S/C18H18BrNO3S/c1-12-10-15(8-9-16(12)19)24(21,22)20(3)13(2)18-11-14-6-4-5-7-17(14)23-18/h4-11,13H,1-3H3. The fourth-order valence-corrected chi connectivity index (χ4v) is 4.20. The number of hydrogen-bond donors (Lipinski definition) is 0. The van der Waals surface area contributed by atoms with Crippen molar-refractivity contribution < 1.29 is 12.8 Å². The molecule has 2 aromatic carbocycles. The Morgan fingerprint density at radius 2 is 1.83 bits per heavy atom. The zero-order chi connectivity index (χ0) is 17.5. The summed E-state index contributed by atoms with van der Waals surface area (Å²) in [7, 11) is -2.04. The average Bonchev–Trinajstić information content (AvgIpc) is 2.99. The Morgan fingerprint density at radius 1 is 1.12 bits per heavy atom. The number of nitrogens with zero attached hydrogens (tertiary/aromatic N) is 1. The van der Waals surface area contributed by atoms with Gasteiger partial charge in [0.2, 0.25) is 10.0 Å². The van der Waals surface area contributed by atoms with E-state index in [0.717, 1.165) is 21.0 Å². The molecule has 126 valence electrons. The van der Waals surface area contributed by atoms with Crippen LogP contribution in [0, 0.1) is 6.92 Å². The minimum Gasteiger partial charge on any atom is -0.459 e. The molecule has 6 heteroatoms. The van der Waals surface area contributed by atoms with Gasteiger partial charge in [-0.3, -0.25) is 0 Å². The van der Waals surface area contributed by atoms with Crippen molar-refractivity contribution in [3.8, 4) is 0 Å². The summed E-state index contributed by atoms with van der Waals surface area (Å²) < 4.78 is 33.8. The number of rotatable bonds is 4. The molecule has 0 aliphatic rings. The predicted octanol–water partition coefficient (Wildman–Crippen LogP) is 4.89. The fourth-order valence-electron chi connectivity index (χ4n) is 2.54. The minimum absolute atomic E-state index is 0.272. The summed E-state index contributed by atoms with van der Waals surface area (Å²) in [5, 5.41) is 0.963. The molecule has 0 aliphatic carbocycles. The van der Waals surface area contributed by atoms with Crippen molar-refractivity contribution in [1.29, 1.82) is 0 Å². The predicted molar refractivity (Wildman–Crippen MR) is 98.5 cm³/mol. The first kappa shape index (κ1) is 17.2. The van der Waals surface area contributed by atoms with Crippen LogP contribution in [0.15, 0.2) is 62.3 Å². The summed E-state index contributed by atoms with van der Waals surface area (Å²) in [6, 6.07) is 14.1. The zero-order valence-corrected chi connectivity index (χ0v) is 16.1. The highest BCUT2D eigenvalue weighted by atomic mass is 79.9. The highest BCUT2D eigenvalue weighted by Crippen LogP contribution is 2.31. The van der Waals surface area contributed by atoms with Crippen LogP contribution in [0.4, 0.5) is 0 Å². The number of sulfonamides is 1. The summed E-state index contributed by atoms with van der Waals surface area (Å²) in [5.41, 5.74) is 1.63. The van der Waals surface area contributed by atoms with E-state index < -0.39 is 16.1 Å². The topological polar surface area (TPSA) is 50.5 Å². The molecule has 0 amide bonds. The Morgan fingerprint density at radius 3 is 2.50 bits per heavy atom. The first-order chi connectivity index (χ1) is 11.3. The summed E-state index contributed by atoms with van der Waals surface area (Å²) >= 11 is 3.39. The van der Waals surface area contributed by atoms with Crippen molar-refractivity contribution in [2.75, 3.05) is 7.05 Å². The highest BCUT2D eigenvalue weighted by molar-refractivity contribution is 9.10. The Hall–Kier alpha value is -1.63. The van der Waals surface area contributed by atoms with E-state index in [2.05, 4.69) is 15.9 Å². The van der Waals surface area contributed by atoms with Crippen LogP contribution in [0.5, 0.6) is 0 Å². The molecular weight excluding hydrogens is 390 g/mol. The van der Waals surface area contributed by atoms with Gasteiger partial charge in [0, 0.05) is 16.9 Å². The third kappa shape index (κ3) is 3.01. The maximum Gasteiger partial charge on any atom is 0.243 e. The van der Waals surface area contributed by atoms with E-state index in [0.29, 0.717) is 5.76 Å². The molecular formula is C18H18BrNO3S. The van der Waals surface area contributed by atoms with Crippen molar-refractivity contribution in [3.05, 3.63) is 64.3 Å². The lowest BCUT2D eigenvalue weighted by atomic mass is 10.2. The van der Waals surface area contributed by atoms with Crippen molar-refractivity contribution >= 4 is 36.9 Å². The van der Waals surface area contributed by atoms with Gasteiger partial charge in [-0.2, -0.15) is 4.31 Å². The number of furan rings is 1. The second kappa shape index (κ2) is 6.35. The lowest BCUT2D eigenvalue weighted by molar-refractivity contribution is 0.348. The number of benzene rings is 2.